The van der Waals surface area contributed by atoms with Crippen molar-refractivity contribution >= 4 is 40.9 Å². The molecule has 9 nitrogen and oxygen atoms in total. The highest BCUT2D eigenvalue weighted by atomic mass is 35.5. The lowest BCUT2D eigenvalue weighted by Crippen LogP contribution is -2.18. The molecule has 0 aliphatic rings. The number of ether oxygens (including phenoxy) is 4. The Labute approximate surface area is 208 Å². The Morgan fingerprint density at radius 2 is 1.69 bits per heavy atom. The van der Waals surface area contributed by atoms with E-state index in [4.69, 9.17) is 24.1 Å². The van der Waals surface area contributed by atoms with Crippen LogP contribution in [0.2, 0.25) is 0 Å². The Hall–Kier alpha value is -3.85. The molecule has 1 unspecified atom stereocenters. The molecule has 0 saturated heterocycles. The number of nitrogens with zero attached hydrogens (tertiary/aromatic N) is 1. The van der Waals surface area contributed by atoms with Crippen molar-refractivity contribution < 1.29 is 38.4 Å². The largest absolute Gasteiger partial charge is 0.493 e. The lowest BCUT2D eigenvalue weighted by molar-refractivity contribution is -0.142. The molecule has 0 aliphatic heterocycles. The van der Waals surface area contributed by atoms with Gasteiger partial charge in [0.1, 0.15) is 18.1 Å². The molecule has 186 valence electrons. The number of hydrogen-bond donors (Lipinski definition) is 1. The molecule has 0 fully saturated rings. The molecule has 0 spiro atoms. The molecule has 0 amide bonds. The van der Waals surface area contributed by atoms with Gasteiger partial charge in [-0.05, 0) is 38.1 Å². The Bertz CT molecular complexity index is 1240. The van der Waals surface area contributed by atoms with Crippen LogP contribution >= 0.6 is 12.4 Å². The summed E-state index contributed by atoms with van der Waals surface area (Å²) in [5, 5.41) is 9.85. The molecule has 10 heteroatoms. The Morgan fingerprint density at radius 3 is 2.29 bits per heavy atom. The number of methoxy groups -OCH3 is 2. The number of carboxylic acids is 1. The number of aliphatic carboxylic acids is 1. The van der Waals surface area contributed by atoms with E-state index >= 15 is 0 Å². The molecule has 1 heterocycles. The maximum atomic E-state index is 13.4. The summed E-state index contributed by atoms with van der Waals surface area (Å²) >= 11 is 0. The topological polar surface area (TPSA) is 121 Å². The number of carboxylic acid groups (broad SMARTS) is 1. The van der Waals surface area contributed by atoms with Gasteiger partial charge in [0.15, 0.2) is 11.5 Å². The van der Waals surface area contributed by atoms with Crippen LogP contribution in [0.15, 0.2) is 42.6 Å². The van der Waals surface area contributed by atoms with E-state index in [-0.39, 0.29) is 42.4 Å². The number of carbonyl (C=O) groups excluding carboxylic acids is 2. The fraction of sp³-hybridized carbons (Fsp3) is 0.280. The Balaban J connectivity index is 0.00000432. The van der Waals surface area contributed by atoms with E-state index in [0.717, 1.165) is 0 Å². The van der Waals surface area contributed by atoms with Crippen LogP contribution < -0.4 is 14.2 Å². The van der Waals surface area contributed by atoms with Gasteiger partial charge in [-0.3, -0.25) is 14.6 Å². The fourth-order valence-corrected chi connectivity index (χ4v) is 3.27. The highest BCUT2D eigenvalue weighted by molar-refractivity contribution is 6.18. The van der Waals surface area contributed by atoms with Crippen LogP contribution in [0, 0.1) is 5.92 Å². The van der Waals surface area contributed by atoms with Crippen molar-refractivity contribution in [3.05, 3.63) is 59.4 Å². The van der Waals surface area contributed by atoms with Crippen LogP contribution in [0.4, 0.5) is 0 Å². The number of rotatable bonds is 10. The molecule has 0 aliphatic carbocycles. The zero-order chi connectivity index (χ0) is 24.8. The predicted molar refractivity (Wildman–Crippen MR) is 130 cm³/mol. The third kappa shape index (κ3) is 5.99. The third-order valence-corrected chi connectivity index (χ3v) is 5.12. The van der Waals surface area contributed by atoms with Gasteiger partial charge in [0, 0.05) is 22.5 Å². The summed E-state index contributed by atoms with van der Waals surface area (Å²) in [7, 11) is 2.93. The standard InChI is InChI=1S/C25H25NO8.ClH/c1-5-33-25(30)19-12-26-22(18-11-21(32-4)20(31-3)10-17(18)19)23(27)15-7-6-8-16(9-15)34-13-14(2)24(28)29;/h6-12,14H,5,13H2,1-4H3,(H,28,29);1H. The van der Waals surface area contributed by atoms with Gasteiger partial charge in [0.25, 0.3) is 0 Å². The van der Waals surface area contributed by atoms with Crippen molar-refractivity contribution in [2.24, 2.45) is 5.92 Å². The molecule has 1 aromatic heterocycles. The van der Waals surface area contributed by atoms with Gasteiger partial charge in [0.2, 0.25) is 5.78 Å². The average Bonchev–Trinajstić information content (AvgIpc) is 2.85. The van der Waals surface area contributed by atoms with Crippen molar-refractivity contribution in [3.63, 3.8) is 0 Å². The van der Waals surface area contributed by atoms with Crippen LogP contribution in [-0.2, 0) is 9.53 Å². The summed E-state index contributed by atoms with van der Waals surface area (Å²) in [4.78, 5) is 41.2. The van der Waals surface area contributed by atoms with E-state index < -0.39 is 23.6 Å². The van der Waals surface area contributed by atoms with Crippen LogP contribution in [0.1, 0.15) is 40.3 Å². The molecule has 0 saturated carbocycles. The number of carbonyl (C=O) groups is 3. The quantitative estimate of drug-likeness (QED) is 0.320. The predicted octanol–water partition coefficient (Wildman–Crippen LogP) is 4.18. The molecule has 2 aromatic carbocycles. The summed E-state index contributed by atoms with van der Waals surface area (Å²) in [6, 6.07) is 9.58. The minimum Gasteiger partial charge on any atom is -0.493 e. The van der Waals surface area contributed by atoms with Crippen molar-refractivity contribution in [1.29, 1.82) is 0 Å². The van der Waals surface area contributed by atoms with E-state index in [0.29, 0.717) is 28.0 Å². The number of aromatic nitrogens is 1. The number of ketones is 1. The lowest BCUT2D eigenvalue weighted by atomic mass is 9.99. The SMILES string of the molecule is CCOC(=O)c1cnc(C(=O)c2cccc(OCC(C)C(=O)O)c2)c2cc(OC)c(OC)cc12.Cl. The van der Waals surface area contributed by atoms with Crippen molar-refractivity contribution in [3.8, 4) is 17.2 Å². The second-order valence-electron chi connectivity index (χ2n) is 7.40. The summed E-state index contributed by atoms with van der Waals surface area (Å²) in [6.45, 7) is 3.36. The fourth-order valence-electron chi connectivity index (χ4n) is 3.27. The molecular formula is C25H26ClNO8. The molecule has 1 atom stereocenters. The van der Waals surface area contributed by atoms with Gasteiger partial charge in [-0.25, -0.2) is 4.79 Å². The summed E-state index contributed by atoms with van der Waals surface area (Å²) in [6.07, 6.45) is 1.30. The van der Waals surface area contributed by atoms with Crippen molar-refractivity contribution in [2.75, 3.05) is 27.4 Å². The highest BCUT2D eigenvalue weighted by Gasteiger charge is 2.22. The zero-order valence-corrected chi connectivity index (χ0v) is 20.5. The van der Waals surface area contributed by atoms with Crippen molar-refractivity contribution in [2.45, 2.75) is 13.8 Å². The maximum Gasteiger partial charge on any atom is 0.340 e. The van der Waals surface area contributed by atoms with E-state index in [9.17, 15) is 14.4 Å². The highest BCUT2D eigenvalue weighted by Crippen LogP contribution is 2.35. The molecule has 0 radical (unpaired) electrons. The molecule has 0 bridgehead atoms. The maximum absolute atomic E-state index is 13.4. The normalized spacial score (nSPS) is 11.2. The van der Waals surface area contributed by atoms with Gasteiger partial charge >= 0.3 is 11.9 Å². The monoisotopic (exact) mass is 503 g/mol. The minimum absolute atomic E-state index is 0. The van der Waals surface area contributed by atoms with Gasteiger partial charge in [0.05, 0.1) is 32.3 Å². The third-order valence-electron chi connectivity index (χ3n) is 5.12. The number of pyridine rings is 1. The number of esters is 1. The first-order valence-corrected chi connectivity index (χ1v) is 10.5. The van der Waals surface area contributed by atoms with Crippen LogP contribution in [-0.4, -0.2) is 55.2 Å². The van der Waals surface area contributed by atoms with Gasteiger partial charge in [-0.2, -0.15) is 0 Å². The molecular weight excluding hydrogens is 478 g/mol. The summed E-state index contributed by atoms with van der Waals surface area (Å²) in [5.41, 5.74) is 0.571. The second-order valence-corrected chi connectivity index (χ2v) is 7.40. The first-order valence-electron chi connectivity index (χ1n) is 10.5. The van der Waals surface area contributed by atoms with E-state index in [1.807, 2.05) is 0 Å². The molecule has 35 heavy (non-hydrogen) atoms. The van der Waals surface area contributed by atoms with Crippen LogP contribution in [0.5, 0.6) is 17.2 Å². The molecule has 1 N–H and O–H groups in total. The first-order chi connectivity index (χ1) is 16.3. The van der Waals surface area contributed by atoms with E-state index in [1.54, 1.807) is 37.3 Å². The van der Waals surface area contributed by atoms with Gasteiger partial charge < -0.3 is 24.1 Å². The zero-order valence-electron chi connectivity index (χ0n) is 19.7. The van der Waals surface area contributed by atoms with Crippen LogP contribution in [0.25, 0.3) is 10.8 Å². The van der Waals surface area contributed by atoms with Gasteiger partial charge in [-0.1, -0.05) is 12.1 Å². The Morgan fingerprint density at radius 1 is 1.03 bits per heavy atom. The minimum atomic E-state index is -0.978. The lowest BCUT2D eigenvalue weighted by Gasteiger charge is -2.14. The first kappa shape index (κ1) is 27.4. The molecule has 3 aromatic rings. The number of fused-ring (bicyclic) bond motifs is 1. The average molecular weight is 504 g/mol. The smallest absolute Gasteiger partial charge is 0.340 e. The van der Waals surface area contributed by atoms with Crippen LogP contribution in [0.3, 0.4) is 0 Å². The molecule has 3 rings (SSSR count). The van der Waals surface area contributed by atoms with E-state index in [1.165, 1.54) is 33.4 Å². The van der Waals surface area contributed by atoms with E-state index in [2.05, 4.69) is 4.98 Å². The number of benzene rings is 2. The van der Waals surface area contributed by atoms with Crippen molar-refractivity contribution in [1.82, 2.24) is 4.98 Å². The second kappa shape index (κ2) is 12.0. The number of hydrogen-bond acceptors (Lipinski definition) is 8. The van der Waals surface area contributed by atoms with Gasteiger partial charge in [-0.15, -0.1) is 12.4 Å². The Kier molecular flexibility index (Phi) is 9.42. The number of halogens is 1. The summed E-state index contributed by atoms with van der Waals surface area (Å²) in [5.74, 6) is -1.57. The summed E-state index contributed by atoms with van der Waals surface area (Å²) < 4.78 is 21.4.